The first kappa shape index (κ1) is 11.2. The molecule has 0 atom stereocenters. The second kappa shape index (κ2) is 4.40. The van der Waals surface area contributed by atoms with Crippen molar-refractivity contribution in [2.75, 3.05) is 5.32 Å². The van der Waals surface area contributed by atoms with Crippen LogP contribution < -0.4 is 11.1 Å². The summed E-state index contributed by atoms with van der Waals surface area (Å²) in [6.07, 6.45) is 0. The molecule has 0 spiro atoms. The van der Waals surface area contributed by atoms with Crippen molar-refractivity contribution in [3.05, 3.63) is 35.7 Å². The maximum atomic E-state index is 5.45. The number of hydrogen-bond acceptors (Lipinski definition) is 3. The number of hydrogen-bond donors (Lipinski definition) is 3. The van der Waals surface area contributed by atoms with Crippen LogP contribution >= 0.6 is 23.6 Å². The Kier molecular flexibility index (Phi) is 2.73. The van der Waals surface area contributed by atoms with E-state index in [0.717, 1.165) is 27.4 Å². The number of nitrogens with zero attached hydrogens (tertiary/aromatic N) is 1. The summed E-state index contributed by atoms with van der Waals surface area (Å²) >= 11 is 6.47. The van der Waals surface area contributed by atoms with Crippen molar-refractivity contribution in [3.63, 3.8) is 0 Å². The Morgan fingerprint density at radius 1 is 1.39 bits per heavy atom. The quantitative estimate of drug-likeness (QED) is 0.629. The van der Waals surface area contributed by atoms with Crippen LogP contribution in [-0.4, -0.2) is 15.1 Å². The number of nitrogens with one attached hydrogen (secondary N) is 2. The molecule has 4 N–H and O–H groups in total. The summed E-state index contributed by atoms with van der Waals surface area (Å²) in [5.74, 6) is 0.882. The van der Waals surface area contributed by atoms with Crippen molar-refractivity contribution >= 4 is 45.4 Å². The number of imidazole rings is 1. The van der Waals surface area contributed by atoms with Gasteiger partial charge in [-0.15, -0.1) is 11.3 Å². The normalized spacial score (nSPS) is 10.7. The lowest BCUT2D eigenvalue weighted by atomic mass is 10.3. The average molecular weight is 274 g/mol. The van der Waals surface area contributed by atoms with Crippen molar-refractivity contribution in [2.45, 2.75) is 0 Å². The highest BCUT2D eigenvalue weighted by atomic mass is 32.1. The molecule has 0 fully saturated rings. The number of aromatic amines is 1. The second-order valence-corrected chi connectivity index (χ2v) is 5.17. The lowest BCUT2D eigenvalue weighted by Gasteiger charge is -2.02. The molecule has 6 heteroatoms. The van der Waals surface area contributed by atoms with Crippen molar-refractivity contribution in [1.29, 1.82) is 0 Å². The van der Waals surface area contributed by atoms with Crippen molar-refractivity contribution in [1.82, 2.24) is 9.97 Å². The van der Waals surface area contributed by atoms with Crippen molar-refractivity contribution < 1.29 is 0 Å². The molecule has 0 amide bonds. The zero-order chi connectivity index (χ0) is 12.5. The average Bonchev–Trinajstić information content (AvgIpc) is 2.95. The Labute approximate surface area is 113 Å². The van der Waals surface area contributed by atoms with Crippen LogP contribution in [-0.2, 0) is 0 Å². The lowest BCUT2D eigenvalue weighted by Crippen LogP contribution is -2.18. The van der Waals surface area contributed by atoms with E-state index in [1.165, 1.54) is 0 Å². The standard InChI is InChI=1S/C12H10N4S2/c13-12(17)14-7-3-4-8-9(6-7)16-11(15-8)10-2-1-5-18-10/h1-6H,(H,15,16)(H3,13,14,17). The van der Waals surface area contributed by atoms with Gasteiger partial charge in [-0.25, -0.2) is 4.98 Å². The van der Waals surface area contributed by atoms with E-state index >= 15 is 0 Å². The van der Waals surface area contributed by atoms with Crippen LogP contribution in [0.2, 0.25) is 0 Å². The first-order chi connectivity index (χ1) is 8.72. The highest BCUT2D eigenvalue weighted by molar-refractivity contribution is 7.80. The summed E-state index contributed by atoms with van der Waals surface area (Å²) < 4.78 is 0. The van der Waals surface area contributed by atoms with Gasteiger partial charge < -0.3 is 16.0 Å². The summed E-state index contributed by atoms with van der Waals surface area (Å²) in [5, 5.41) is 5.19. The van der Waals surface area contributed by atoms with Gasteiger partial charge >= 0.3 is 0 Å². The zero-order valence-corrected chi connectivity index (χ0v) is 10.9. The van der Waals surface area contributed by atoms with Gasteiger partial charge in [-0.05, 0) is 41.9 Å². The Balaban J connectivity index is 2.04. The maximum Gasteiger partial charge on any atom is 0.168 e. The largest absolute Gasteiger partial charge is 0.376 e. The van der Waals surface area contributed by atoms with Crippen LogP contribution in [0.5, 0.6) is 0 Å². The van der Waals surface area contributed by atoms with Crippen LogP contribution in [0.25, 0.3) is 21.7 Å². The van der Waals surface area contributed by atoms with Crippen molar-refractivity contribution in [2.24, 2.45) is 5.73 Å². The minimum absolute atomic E-state index is 0.257. The van der Waals surface area contributed by atoms with Crippen molar-refractivity contribution in [3.8, 4) is 10.7 Å². The number of thiocarbonyl (C=S) groups is 1. The molecule has 18 heavy (non-hydrogen) atoms. The fourth-order valence-electron chi connectivity index (χ4n) is 1.76. The van der Waals surface area contributed by atoms with Gasteiger partial charge in [0.05, 0.1) is 15.9 Å². The highest BCUT2D eigenvalue weighted by Crippen LogP contribution is 2.25. The molecule has 0 aliphatic heterocycles. The number of anilines is 1. The molecule has 0 saturated heterocycles. The van der Waals surface area contributed by atoms with Crippen LogP contribution in [0.3, 0.4) is 0 Å². The zero-order valence-electron chi connectivity index (χ0n) is 9.31. The summed E-state index contributed by atoms with van der Waals surface area (Å²) in [6.45, 7) is 0. The molecule has 2 heterocycles. The number of aromatic nitrogens is 2. The molecule has 0 saturated carbocycles. The summed E-state index contributed by atoms with van der Waals surface area (Å²) in [6, 6.07) is 9.83. The third kappa shape index (κ3) is 2.07. The molecule has 3 aromatic rings. The summed E-state index contributed by atoms with van der Waals surface area (Å²) in [4.78, 5) is 8.95. The highest BCUT2D eigenvalue weighted by Gasteiger charge is 2.06. The number of H-pyrrole nitrogens is 1. The molecule has 2 aromatic heterocycles. The van der Waals surface area contributed by atoms with E-state index in [0.29, 0.717) is 0 Å². The van der Waals surface area contributed by atoms with Gasteiger partial charge in [0.2, 0.25) is 0 Å². The number of fused-ring (bicyclic) bond motifs is 1. The molecule has 1 aromatic carbocycles. The minimum atomic E-state index is 0.257. The number of thiophene rings is 1. The van der Waals surface area contributed by atoms with Gasteiger partial charge in [0.1, 0.15) is 5.82 Å². The molecule has 4 nitrogen and oxygen atoms in total. The molecule has 0 bridgehead atoms. The van der Waals surface area contributed by atoms with Crippen LogP contribution in [0.4, 0.5) is 5.69 Å². The van der Waals surface area contributed by atoms with Gasteiger partial charge in [0.15, 0.2) is 5.11 Å². The fraction of sp³-hybridized carbons (Fsp3) is 0. The molecule has 0 aliphatic rings. The topological polar surface area (TPSA) is 66.7 Å². The van der Waals surface area contributed by atoms with E-state index in [2.05, 4.69) is 15.3 Å². The van der Waals surface area contributed by atoms with E-state index in [1.807, 2.05) is 35.7 Å². The Morgan fingerprint density at radius 3 is 3.00 bits per heavy atom. The van der Waals surface area contributed by atoms with Gasteiger partial charge in [-0.1, -0.05) is 6.07 Å². The summed E-state index contributed by atoms with van der Waals surface area (Å²) in [7, 11) is 0. The first-order valence-electron chi connectivity index (χ1n) is 5.32. The monoisotopic (exact) mass is 274 g/mol. The van der Waals surface area contributed by atoms with Gasteiger partial charge in [0.25, 0.3) is 0 Å². The molecule has 0 unspecified atom stereocenters. The second-order valence-electron chi connectivity index (χ2n) is 3.78. The van der Waals surface area contributed by atoms with Crippen LogP contribution in [0.1, 0.15) is 0 Å². The third-order valence-corrected chi connectivity index (χ3v) is 3.48. The predicted molar refractivity (Wildman–Crippen MR) is 79.8 cm³/mol. The Morgan fingerprint density at radius 2 is 2.28 bits per heavy atom. The van der Waals surface area contributed by atoms with Crippen LogP contribution in [0, 0.1) is 0 Å². The number of rotatable bonds is 2. The molecular weight excluding hydrogens is 264 g/mol. The van der Waals surface area contributed by atoms with E-state index in [4.69, 9.17) is 18.0 Å². The minimum Gasteiger partial charge on any atom is -0.376 e. The van der Waals surface area contributed by atoms with E-state index < -0.39 is 0 Å². The van der Waals surface area contributed by atoms with Gasteiger partial charge in [-0.2, -0.15) is 0 Å². The van der Waals surface area contributed by atoms with Crippen LogP contribution in [0.15, 0.2) is 35.7 Å². The van der Waals surface area contributed by atoms with E-state index in [-0.39, 0.29) is 5.11 Å². The molecule has 90 valence electrons. The lowest BCUT2D eigenvalue weighted by molar-refractivity contribution is 1.36. The maximum absolute atomic E-state index is 5.45. The van der Waals surface area contributed by atoms with Gasteiger partial charge in [0, 0.05) is 5.69 Å². The molecular formula is C12H10N4S2. The Bertz CT molecular complexity index is 700. The Hall–Kier alpha value is -1.92. The predicted octanol–water partition coefficient (Wildman–Crippen LogP) is 2.95. The first-order valence-corrected chi connectivity index (χ1v) is 6.61. The number of nitrogens with two attached hydrogens (primary N) is 1. The van der Waals surface area contributed by atoms with Gasteiger partial charge in [-0.3, -0.25) is 0 Å². The number of benzene rings is 1. The summed E-state index contributed by atoms with van der Waals surface area (Å²) in [5.41, 5.74) is 8.19. The SMILES string of the molecule is NC(=S)Nc1ccc2nc(-c3cccs3)[nH]c2c1. The van der Waals surface area contributed by atoms with E-state index in [9.17, 15) is 0 Å². The smallest absolute Gasteiger partial charge is 0.168 e. The molecule has 3 rings (SSSR count). The fourth-order valence-corrected chi connectivity index (χ4v) is 2.55. The third-order valence-electron chi connectivity index (χ3n) is 2.50. The molecule has 0 aliphatic carbocycles. The van der Waals surface area contributed by atoms with E-state index in [1.54, 1.807) is 11.3 Å². The molecule has 0 radical (unpaired) electrons.